The third-order valence-corrected chi connectivity index (χ3v) is 6.33. The highest BCUT2D eigenvalue weighted by Crippen LogP contribution is 2.22. The van der Waals surface area contributed by atoms with Gasteiger partial charge in [0.05, 0.1) is 36.9 Å². The Morgan fingerprint density at radius 2 is 1.75 bits per heavy atom. The van der Waals surface area contributed by atoms with Crippen LogP contribution in [0, 0.1) is 0 Å². The number of benzene rings is 1. The van der Waals surface area contributed by atoms with E-state index in [1.807, 2.05) is 31.4 Å². The topological polar surface area (TPSA) is 113 Å². The van der Waals surface area contributed by atoms with Crippen LogP contribution >= 0.6 is 0 Å². The van der Waals surface area contributed by atoms with Crippen molar-refractivity contribution < 1.29 is 4.74 Å². The van der Waals surface area contributed by atoms with E-state index < -0.39 is 0 Å². The van der Waals surface area contributed by atoms with E-state index in [0.29, 0.717) is 35.1 Å². The Hall–Kier alpha value is -4.25. The van der Waals surface area contributed by atoms with Crippen LogP contribution in [0.2, 0.25) is 0 Å². The maximum atomic E-state index is 6.08. The lowest BCUT2D eigenvalue weighted by atomic mass is 10.1. The number of hydrogen-bond donors (Lipinski definition) is 0. The van der Waals surface area contributed by atoms with Gasteiger partial charge in [-0.25, -0.2) is 24.6 Å². The molecule has 4 aromatic heterocycles. The molecule has 6 rings (SSSR count). The summed E-state index contributed by atoms with van der Waals surface area (Å²) in [5.74, 6) is 1.95. The van der Waals surface area contributed by atoms with Crippen LogP contribution in [0.1, 0.15) is 18.4 Å². The second-order valence-corrected chi connectivity index (χ2v) is 9.12. The van der Waals surface area contributed by atoms with Gasteiger partial charge in [-0.3, -0.25) is 4.68 Å². The van der Waals surface area contributed by atoms with Crippen LogP contribution in [0.4, 0.5) is 0 Å². The molecular weight excluding hydrogens is 456 g/mol. The van der Waals surface area contributed by atoms with Gasteiger partial charge in [0.1, 0.15) is 6.10 Å². The predicted octanol–water partition coefficient (Wildman–Crippen LogP) is 2.60. The van der Waals surface area contributed by atoms with Crippen molar-refractivity contribution in [1.82, 2.24) is 49.6 Å². The number of aryl methyl sites for hydroxylation is 1. The molecule has 0 bridgehead atoms. The SMILES string of the molecule is CN1CCC(Oc2cnc(-c3cccc(Cn4nnc5cnc(-c6cnn(C)c6)nc54)c3)nc2)CC1. The van der Waals surface area contributed by atoms with Gasteiger partial charge < -0.3 is 9.64 Å². The van der Waals surface area contributed by atoms with E-state index in [4.69, 9.17) is 4.74 Å². The number of nitrogens with zero attached hydrogens (tertiary/aromatic N) is 10. The molecule has 0 saturated carbocycles. The standard InChI is InChI=1S/C25H26N10O/c1-33-8-6-20(7-9-33)36-21-12-26-23(27-13-21)18-5-3-4-17(10-18)15-35-25-22(31-32-35)14-28-24(30-25)19-11-29-34(2)16-19/h3-5,10-14,16,20H,6-9,15H2,1-2H3. The van der Waals surface area contributed by atoms with Gasteiger partial charge in [0.15, 0.2) is 28.6 Å². The zero-order valence-electron chi connectivity index (χ0n) is 20.2. The lowest BCUT2D eigenvalue weighted by Gasteiger charge is -2.29. The molecule has 0 amide bonds. The molecule has 11 heteroatoms. The van der Waals surface area contributed by atoms with E-state index >= 15 is 0 Å². The maximum absolute atomic E-state index is 6.08. The Balaban J connectivity index is 1.19. The molecule has 0 aliphatic carbocycles. The van der Waals surface area contributed by atoms with Crippen molar-refractivity contribution in [2.24, 2.45) is 7.05 Å². The zero-order valence-corrected chi connectivity index (χ0v) is 20.2. The molecule has 0 N–H and O–H groups in total. The van der Waals surface area contributed by atoms with Crippen LogP contribution in [-0.2, 0) is 13.6 Å². The number of likely N-dealkylation sites (tertiary alicyclic amines) is 1. The van der Waals surface area contributed by atoms with Crippen LogP contribution in [0.15, 0.2) is 55.2 Å². The fourth-order valence-electron chi connectivity index (χ4n) is 4.36. The molecule has 5 heterocycles. The molecule has 36 heavy (non-hydrogen) atoms. The second kappa shape index (κ2) is 9.42. The van der Waals surface area contributed by atoms with Gasteiger partial charge in [0.25, 0.3) is 0 Å². The molecule has 11 nitrogen and oxygen atoms in total. The molecule has 1 aliphatic heterocycles. The lowest BCUT2D eigenvalue weighted by molar-refractivity contribution is 0.113. The molecule has 0 spiro atoms. The molecule has 1 aromatic carbocycles. The summed E-state index contributed by atoms with van der Waals surface area (Å²) in [5.41, 5.74) is 4.11. The Morgan fingerprint density at radius 3 is 2.53 bits per heavy atom. The first kappa shape index (κ1) is 22.2. The summed E-state index contributed by atoms with van der Waals surface area (Å²) in [4.78, 5) is 20.5. The minimum atomic E-state index is 0.221. The summed E-state index contributed by atoms with van der Waals surface area (Å²) in [6.45, 7) is 2.60. The molecule has 0 radical (unpaired) electrons. The van der Waals surface area contributed by atoms with Crippen molar-refractivity contribution in [3.8, 4) is 28.5 Å². The van der Waals surface area contributed by atoms with E-state index in [9.17, 15) is 0 Å². The normalized spacial score (nSPS) is 14.9. The fourth-order valence-corrected chi connectivity index (χ4v) is 4.36. The highest BCUT2D eigenvalue weighted by atomic mass is 16.5. The highest BCUT2D eigenvalue weighted by molar-refractivity contribution is 5.71. The molecular formula is C25H26N10O. The van der Waals surface area contributed by atoms with Crippen molar-refractivity contribution in [3.05, 3.63) is 60.8 Å². The largest absolute Gasteiger partial charge is 0.487 e. The third-order valence-electron chi connectivity index (χ3n) is 6.33. The van der Waals surface area contributed by atoms with E-state index in [2.05, 4.69) is 53.4 Å². The van der Waals surface area contributed by atoms with Crippen molar-refractivity contribution in [1.29, 1.82) is 0 Å². The van der Waals surface area contributed by atoms with Crippen LogP contribution in [0.5, 0.6) is 5.75 Å². The van der Waals surface area contributed by atoms with Gasteiger partial charge >= 0.3 is 0 Å². The van der Waals surface area contributed by atoms with Crippen LogP contribution in [0.3, 0.4) is 0 Å². The Bertz CT molecular complexity index is 1480. The molecule has 5 aromatic rings. The second-order valence-electron chi connectivity index (χ2n) is 9.12. The van der Waals surface area contributed by atoms with Crippen LogP contribution in [0.25, 0.3) is 33.9 Å². The predicted molar refractivity (Wildman–Crippen MR) is 133 cm³/mol. The third kappa shape index (κ3) is 4.65. The molecule has 0 unspecified atom stereocenters. The average Bonchev–Trinajstić information content (AvgIpc) is 3.52. The molecule has 182 valence electrons. The van der Waals surface area contributed by atoms with Crippen LogP contribution < -0.4 is 4.74 Å². The Morgan fingerprint density at radius 1 is 0.944 bits per heavy atom. The lowest BCUT2D eigenvalue weighted by Crippen LogP contribution is -2.35. The molecule has 0 atom stereocenters. The summed E-state index contributed by atoms with van der Waals surface area (Å²) >= 11 is 0. The first-order valence-corrected chi connectivity index (χ1v) is 11.9. The van der Waals surface area contributed by atoms with Gasteiger partial charge in [0, 0.05) is 31.9 Å². The number of hydrogen-bond acceptors (Lipinski definition) is 9. The van der Waals surface area contributed by atoms with Gasteiger partial charge in [-0.15, -0.1) is 5.10 Å². The minimum Gasteiger partial charge on any atom is -0.487 e. The summed E-state index contributed by atoms with van der Waals surface area (Å²) < 4.78 is 9.58. The number of rotatable bonds is 6. The molecule has 1 saturated heterocycles. The highest BCUT2D eigenvalue weighted by Gasteiger charge is 2.18. The molecule has 1 fully saturated rings. The quantitative estimate of drug-likeness (QED) is 0.360. The summed E-state index contributed by atoms with van der Waals surface area (Å²) in [5, 5.41) is 12.7. The van der Waals surface area contributed by atoms with E-state index in [0.717, 1.165) is 42.6 Å². The van der Waals surface area contributed by atoms with Crippen molar-refractivity contribution in [2.45, 2.75) is 25.5 Å². The summed E-state index contributed by atoms with van der Waals surface area (Å²) in [7, 11) is 4.00. The fraction of sp³-hybridized carbons (Fsp3) is 0.320. The summed E-state index contributed by atoms with van der Waals surface area (Å²) in [6, 6.07) is 8.09. The van der Waals surface area contributed by atoms with E-state index in [1.54, 1.807) is 34.2 Å². The summed E-state index contributed by atoms with van der Waals surface area (Å²) in [6.07, 6.45) is 11.1. The number of aromatic nitrogens is 9. The first-order valence-electron chi connectivity index (χ1n) is 11.9. The Labute approximate surface area is 207 Å². The maximum Gasteiger partial charge on any atom is 0.182 e. The van der Waals surface area contributed by atoms with E-state index in [-0.39, 0.29) is 6.10 Å². The first-order chi connectivity index (χ1) is 17.6. The smallest absolute Gasteiger partial charge is 0.182 e. The van der Waals surface area contributed by atoms with Crippen LogP contribution in [-0.4, -0.2) is 75.9 Å². The van der Waals surface area contributed by atoms with Crippen molar-refractivity contribution in [2.75, 3.05) is 20.1 Å². The monoisotopic (exact) mass is 482 g/mol. The minimum absolute atomic E-state index is 0.221. The molecule has 1 aliphatic rings. The van der Waals surface area contributed by atoms with Crippen molar-refractivity contribution in [3.63, 3.8) is 0 Å². The Kier molecular flexibility index (Phi) is 5.82. The number of ether oxygens (including phenoxy) is 1. The van der Waals surface area contributed by atoms with Gasteiger partial charge in [-0.1, -0.05) is 23.4 Å². The van der Waals surface area contributed by atoms with E-state index in [1.165, 1.54) is 0 Å². The average molecular weight is 483 g/mol. The van der Waals surface area contributed by atoms with Crippen molar-refractivity contribution >= 4 is 11.2 Å². The zero-order chi connectivity index (χ0) is 24.5. The van der Waals surface area contributed by atoms with Gasteiger partial charge in [-0.2, -0.15) is 5.10 Å². The van der Waals surface area contributed by atoms with Gasteiger partial charge in [0.2, 0.25) is 0 Å². The van der Waals surface area contributed by atoms with Gasteiger partial charge in [-0.05, 0) is 31.5 Å². The number of fused-ring (bicyclic) bond motifs is 1. The number of piperidine rings is 1.